The Bertz CT molecular complexity index is 1110. The maximum absolute atomic E-state index is 6.02. The van der Waals surface area contributed by atoms with Crippen molar-refractivity contribution in [1.82, 2.24) is 19.5 Å². The standard InChI is InChI=1S/C21H21ClN6/c1-23-15-8-9-17-19(18(15)16-11-13-24-20(22)26-16)27-21(28(17)2)25-12-10-14-6-4-3-5-7-14/h3-9,11,13,23H,10,12H2,1-2H3,(H,25,27). The summed E-state index contributed by atoms with van der Waals surface area (Å²) in [4.78, 5) is 13.2. The lowest BCUT2D eigenvalue weighted by Gasteiger charge is -2.09. The fourth-order valence-electron chi connectivity index (χ4n) is 3.32. The van der Waals surface area contributed by atoms with Gasteiger partial charge in [0.1, 0.15) is 5.52 Å². The Labute approximate surface area is 168 Å². The van der Waals surface area contributed by atoms with Crippen LogP contribution in [0, 0.1) is 0 Å². The Hall–Kier alpha value is -3.12. The molecule has 0 bridgehead atoms. The minimum Gasteiger partial charge on any atom is -0.388 e. The van der Waals surface area contributed by atoms with Crippen LogP contribution in [0.2, 0.25) is 5.28 Å². The van der Waals surface area contributed by atoms with Crippen LogP contribution in [0.1, 0.15) is 5.56 Å². The van der Waals surface area contributed by atoms with Crippen molar-refractivity contribution >= 4 is 34.3 Å². The maximum atomic E-state index is 6.02. The number of imidazole rings is 1. The van der Waals surface area contributed by atoms with Crippen LogP contribution in [0.5, 0.6) is 0 Å². The Kier molecular flexibility index (Phi) is 5.12. The van der Waals surface area contributed by atoms with Gasteiger partial charge in [-0.15, -0.1) is 0 Å². The summed E-state index contributed by atoms with van der Waals surface area (Å²) < 4.78 is 2.06. The van der Waals surface area contributed by atoms with E-state index in [9.17, 15) is 0 Å². The summed E-state index contributed by atoms with van der Waals surface area (Å²) in [6.45, 7) is 0.800. The molecule has 0 saturated carbocycles. The molecule has 28 heavy (non-hydrogen) atoms. The molecule has 2 aromatic carbocycles. The number of anilines is 2. The van der Waals surface area contributed by atoms with Crippen LogP contribution in [-0.2, 0) is 13.5 Å². The fourth-order valence-corrected chi connectivity index (χ4v) is 3.47. The second-order valence-corrected chi connectivity index (χ2v) is 6.81. The van der Waals surface area contributed by atoms with Crippen molar-refractivity contribution in [1.29, 1.82) is 0 Å². The summed E-state index contributed by atoms with van der Waals surface area (Å²) >= 11 is 6.02. The van der Waals surface area contributed by atoms with Crippen molar-refractivity contribution in [2.45, 2.75) is 6.42 Å². The third kappa shape index (κ3) is 3.51. The van der Waals surface area contributed by atoms with E-state index < -0.39 is 0 Å². The van der Waals surface area contributed by atoms with Crippen molar-refractivity contribution < 1.29 is 0 Å². The van der Waals surface area contributed by atoms with Crippen molar-refractivity contribution in [3.63, 3.8) is 0 Å². The summed E-state index contributed by atoms with van der Waals surface area (Å²) in [7, 11) is 3.89. The third-order valence-electron chi connectivity index (χ3n) is 4.74. The van der Waals surface area contributed by atoms with Crippen LogP contribution in [0.15, 0.2) is 54.7 Å². The average molecular weight is 393 g/mol. The number of aryl methyl sites for hydroxylation is 1. The van der Waals surface area contributed by atoms with E-state index in [2.05, 4.69) is 55.5 Å². The van der Waals surface area contributed by atoms with E-state index in [0.29, 0.717) is 0 Å². The third-order valence-corrected chi connectivity index (χ3v) is 4.93. The normalized spacial score (nSPS) is 11.0. The van der Waals surface area contributed by atoms with E-state index in [0.717, 1.165) is 46.9 Å². The zero-order valence-corrected chi connectivity index (χ0v) is 16.5. The van der Waals surface area contributed by atoms with Gasteiger partial charge >= 0.3 is 0 Å². The second kappa shape index (κ2) is 7.86. The van der Waals surface area contributed by atoms with E-state index in [4.69, 9.17) is 16.6 Å². The van der Waals surface area contributed by atoms with Crippen LogP contribution < -0.4 is 10.6 Å². The molecule has 0 spiro atoms. The van der Waals surface area contributed by atoms with Crippen LogP contribution in [-0.4, -0.2) is 33.1 Å². The molecule has 4 rings (SSSR count). The Morgan fingerprint density at radius 2 is 1.86 bits per heavy atom. The first kappa shape index (κ1) is 18.3. The largest absolute Gasteiger partial charge is 0.388 e. The first-order valence-electron chi connectivity index (χ1n) is 9.11. The van der Waals surface area contributed by atoms with Crippen molar-refractivity contribution in [2.75, 3.05) is 24.2 Å². The van der Waals surface area contributed by atoms with Gasteiger partial charge in [-0.3, -0.25) is 0 Å². The summed E-state index contributed by atoms with van der Waals surface area (Å²) in [5.74, 6) is 0.820. The van der Waals surface area contributed by atoms with E-state index in [1.165, 1.54) is 5.56 Å². The van der Waals surface area contributed by atoms with E-state index in [1.807, 2.05) is 32.3 Å². The van der Waals surface area contributed by atoms with Gasteiger partial charge in [-0.25, -0.2) is 15.0 Å². The molecule has 0 aliphatic rings. The second-order valence-electron chi connectivity index (χ2n) is 6.47. The number of rotatable bonds is 6. The maximum Gasteiger partial charge on any atom is 0.222 e. The molecule has 142 valence electrons. The van der Waals surface area contributed by atoms with Gasteiger partial charge in [-0.05, 0) is 41.8 Å². The molecule has 2 aromatic heterocycles. The van der Waals surface area contributed by atoms with Gasteiger partial charge < -0.3 is 15.2 Å². The Morgan fingerprint density at radius 3 is 2.61 bits per heavy atom. The molecular weight excluding hydrogens is 372 g/mol. The Balaban J connectivity index is 1.70. The number of hydrogen-bond donors (Lipinski definition) is 2. The number of aromatic nitrogens is 4. The molecule has 0 amide bonds. The van der Waals surface area contributed by atoms with Crippen molar-refractivity contribution in [3.8, 4) is 11.3 Å². The number of benzene rings is 2. The molecule has 7 heteroatoms. The predicted molar refractivity (Wildman–Crippen MR) is 115 cm³/mol. The van der Waals surface area contributed by atoms with Gasteiger partial charge in [0.2, 0.25) is 11.2 Å². The molecule has 0 unspecified atom stereocenters. The zero-order valence-electron chi connectivity index (χ0n) is 15.8. The van der Waals surface area contributed by atoms with E-state index in [1.54, 1.807) is 6.20 Å². The lowest BCUT2D eigenvalue weighted by molar-refractivity contribution is 0.912. The molecule has 0 radical (unpaired) electrons. The molecular formula is C21H21ClN6. The monoisotopic (exact) mass is 392 g/mol. The van der Waals surface area contributed by atoms with Crippen molar-refractivity contribution in [2.24, 2.45) is 7.05 Å². The highest BCUT2D eigenvalue weighted by Gasteiger charge is 2.17. The summed E-state index contributed by atoms with van der Waals surface area (Å²) in [5.41, 5.74) is 5.77. The topological polar surface area (TPSA) is 67.7 Å². The highest BCUT2D eigenvalue weighted by molar-refractivity contribution is 6.28. The van der Waals surface area contributed by atoms with Crippen LogP contribution in [0.4, 0.5) is 11.6 Å². The predicted octanol–water partition coefficient (Wildman–Crippen LogP) is 4.38. The first-order chi connectivity index (χ1) is 13.7. The van der Waals surface area contributed by atoms with E-state index >= 15 is 0 Å². The summed E-state index contributed by atoms with van der Waals surface area (Å²) in [6, 6.07) is 16.3. The van der Waals surface area contributed by atoms with Gasteiger partial charge in [0.25, 0.3) is 0 Å². The minimum atomic E-state index is 0.216. The molecule has 0 atom stereocenters. The molecule has 6 nitrogen and oxygen atoms in total. The fraction of sp³-hybridized carbons (Fsp3) is 0.190. The number of nitrogens with zero attached hydrogens (tertiary/aromatic N) is 4. The quantitative estimate of drug-likeness (QED) is 0.476. The number of nitrogens with one attached hydrogen (secondary N) is 2. The van der Waals surface area contributed by atoms with Gasteiger partial charge in [0.05, 0.1) is 16.8 Å². The van der Waals surface area contributed by atoms with Gasteiger partial charge in [-0.2, -0.15) is 0 Å². The number of fused-ring (bicyclic) bond motifs is 1. The van der Waals surface area contributed by atoms with Crippen LogP contribution in [0.25, 0.3) is 22.3 Å². The highest BCUT2D eigenvalue weighted by Crippen LogP contribution is 2.35. The lowest BCUT2D eigenvalue weighted by Crippen LogP contribution is -2.08. The van der Waals surface area contributed by atoms with Crippen molar-refractivity contribution in [3.05, 3.63) is 65.6 Å². The smallest absolute Gasteiger partial charge is 0.222 e. The zero-order chi connectivity index (χ0) is 19.5. The highest BCUT2D eigenvalue weighted by atomic mass is 35.5. The van der Waals surface area contributed by atoms with Gasteiger partial charge in [-0.1, -0.05) is 30.3 Å². The summed E-state index contributed by atoms with van der Waals surface area (Å²) in [6.07, 6.45) is 2.59. The van der Waals surface area contributed by atoms with Crippen LogP contribution in [0.3, 0.4) is 0 Å². The number of halogens is 1. The Morgan fingerprint density at radius 1 is 1.04 bits per heavy atom. The lowest BCUT2D eigenvalue weighted by atomic mass is 10.1. The molecule has 0 aliphatic carbocycles. The first-order valence-corrected chi connectivity index (χ1v) is 9.49. The number of hydrogen-bond acceptors (Lipinski definition) is 5. The molecule has 0 fully saturated rings. The van der Waals surface area contributed by atoms with E-state index in [-0.39, 0.29) is 5.28 Å². The average Bonchev–Trinajstić information content (AvgIpc) is 3.04. The van der Waals surface area contributed by atoms with Gasteiger partial charge in [0.15, 0.2) is 0 Å². The molecule has 2 heterocycles. The summed E-state index contributed by atoms with van der Waals surface area (Å²) in [5, 5.41) is 6.89. The SMILES string of the molecule is CNc1ccc2c(nc(NCCc3ccccc3)n2C)c1-c1ccnc(Cl)n1. The van der Waals surface area contributed by atoms with Crippen LogP contribution >= 0.6 is 11.6 Å². The molecule has 4 aromatic rings. The van der Waals surface area contributed by atoms with Gasteiger partial charge in [0, 0.05) is 32.5 Å². The molecule has 2 N–H and O–H groups in total. The molecule has 0 saturated heterocycles. The minimum absolute atomic E-state index is 0.216. The molecule has 0 aliphatic heterocycles.